The Hall–Kier alpha value is -2.11. The molecule has 0 aliphatic rings. The van der Waals surface area contributed by atoms with Crippen molar-refractivity contribution in [2.24, 2.45) is 0 Å². The second kappa shape index (κ2) is 6.17. The predicted octanol–water partition coefficient (Wildman–Crippen LogP) is 1.62. The van der Waals surface area contributed by atoms with Crippen LogP contribution in [-0.2, 0) is 17.9 Å². The van der Waals surface area contributed by atoms with Gasteiger partial charge in [-0.1, -0.05) is 0 Å². The standard InChI is InChI=1S/C13H18N4O2/c1-11-5-6-12(19-11)8-16(2)13(18)4-3-7-17-10-14-9-15-17/h5-6,9-10H,3-4,7-8H2,1-2H3. The molecule has 0 radical (unpaired) electrons. The van der Waals surface area contributed by atoms with E-state index in [0.29, 0.717) is 19.5 Å². The topological polar surface area (TPSA) is 64.2 Å². The molecule has 0 fully saturated rings. The van der Waals surface area contributed by atoms with Crippen LogP contribution < -0.4 is 0 Å². The van der Waals surface area contributed by atoms with Gasteiger partial charge in [0.15, 0.2) is 0 Å². The van der Waals surface area contributed by atoms with Crippen molar-refractivity contribution in [3.8, 4) is 0 Å². The molecule has 2 aromatic rings. The summed E-state index contributed by atoms with van der Waals surface area (Å²) >= 11 is 0. The molecule has 0 saturated carbocycles. The molecule has 6 heteroatoms. The van der Waals surface area contributed by atoms with E-state index in [0.717, 1.165) is 17.9 Å². The Labute approximate surface area is 112 Å². The Morgan fingerprint density at radius 3 is 2.95 bits per heavy atom. The van der Waals surface area contributed by atoms with E-state index in [1.54, 1.807) is 23.0 Å². The van der Waals surface area contributed by atoms with E-state index >= 15 is 0 Å². The molecular weight excluding hydrogens is 244 g/mol. The second-order valence-corrected chi connectivity index (χ2v) is 4.52. The summed E-state index contributed by atoms with van der Waals surface area (Å²) in [6.07, 6.45) is 4.40. The number of aromatic nitrogens is 3. The first kappa shape index (κ1) is 13.3. The summed E-state index contributed by atoms with van der Waals surface area (Å²) in [6.45, 7) is 3.11. The van der Waals surface area contributed by atoms with Gasteiger partial charge in [0.2, 0.25) is 5.91 Å². The first-order valence-electron chi connectivity index (χ1n) is 6.27. The predicted molar refractivity (Wildman–Crippen MR) is 69.2 cm³/mol. The fourth-order valence-corrected chi connectivity index (χ4v) is 1.82. The molecule has 0 atom stereocenters. The van der Waals surface area contributed by atoms with Crippen LogP contribution in [0.4, 0.5) is 0 Å². The van der Waals surface area contributed by atoms with E-state index in [-0.39, 0.29) is 5.91 Å². The zero-order chi connectivity index (χ0) is 13.7. The first-order chi connectivity index (χ1) is 9.15. The normalized spacial score (nSPS) is 10.6. The lowest BCUT2D eigenvalue weighted by molar-refractivity contribution is -0.130. The molecule has 0 bridgehead atoms. The van der Waals surface area contributed by atoms with E-state index in [4.69, 9.17) is 4.42 Å². The smallest absolute Gasteiger partial charge is 0.222 e. The van der Waals surface area contributed by atoms with E-state index in [9.17, 15) is 4.79 Å². The molecule has 19 heavy (non-hydrogen) atoms. The SMILES string of the molecule is Cc1ccc(CN(C)C(=O)CCCn2cncn2)o1. The molecule has 0 saturated heterocycles. The number of hydrogen-bond donors (Lipinski definition) is 0. The molecule has 2 heterocycles. The van der Waals surface area contributed by atoms with E-state index in [2.05, 4.69) is 10.1 Å². The number of hydrogen-bond acceptors (Lipinski definition) is 4. The van der Waals surface area contributed by atoms with Crippen LogP contribution in [0, 0.1) is 6.92 Å². The van der Waals surface area contributed by atoms with Crippen molar-refractivity contribution in [3.05, 3.63) is 36.3 Å². The first-order valence-corrected chi connectivity index (χ1v) is 6.27. The second-order valence-electron chi connectivity index (χ2n) is 4.52. The highest BCUT2D eigenvalue weighted by Crippen LogP contribution is 2.09. The zero-order valence-electron chi connectivity index (χ0n) is 11.2. The largest absolute Gasteiger partial charge is 0.464 e. The zero-order valence-corrected chi connectivity index (χ0v) is 11.2. The monoisotopic (exact) mass is 262 g/mol. The van der Waals surface area contributed by atoms with Crippen LogP contribution in [0.5, 0.6) is 0 Å². The summed E-state index contributed by atoms with van der Waals surface area (Å²) in [4.78, 5) is 17.5. The maximum absolute atomic E-state index is 11.9. The highest BCUT2D eigenvalue weighted by atomic mass is 16.3. The molecule has 2 aromatic heterocycles. The van der Waals surface area contributed by atoms with Gasteiger partial charge < -0.3 is 9.32 Å². The Balaban J connectivity index is 1.73. The van der Waals surface area contributed by atoms with Gasteiger partial charge in [-0.25, -0.2) is 4.98 Å². The third-order valence-corrected chi connectivity index (χ3v) is 2.86. The van der Waals surface area contributed by atoms with Crippen LogP contribution in [0.15, 0.2) is 29.2 Å². The van der Waals surface area contributed by atoms with Crippen LogP contribution in [0.2, 0.25) is 0 Å². The fraction of sp³-hybridized carbons (Fsp3) is 0.462. The number of rotatable bonds is 6. The number of carbonyl (C=O) groups excluding carboxylic acids is 1. The van der Waals surface area contributed by atoms with Gasteiger partial charge in [-0.2, -0.15) is 5.10 Å². The number of nitrogens with zero attached hydrogens (tertiary/aromatic N) is 4. The summed E-state index contributed by atoms with van der Waals surface area (Å²) < 4.78 is 7.18. The summed E-state index contributed by atoms with van der Waals surface area (Å²) in [6, 6.07) is 3.80. The third-order valence-electron chi connectivity index (χ3n) is 2.86. The van der Waals surface area contributed by atoms with E-state index in [1.165, 1.54) is 6.33 Å². The molecule has 102 valence electrons. The van der Waals surface area contributed by atoms with Crippen LogP contribution in [-0.4, -0.2) is 32.6 Å². The van der Waals surface area contributed by atoms with Crippen molar-refractivity contribution >= 4 is 5.91 Å². The molecule has 1 amide bonds. The maximum atomic E-state index is 11.9. The van der Waals surface area contributed by atoms with E-state index in [1.807, 2.05) is 19.1 Å². The van der Waals surface area contributed by atoms with Crippen LogP contribution in [0.1, 0.15) is 24.4 Å². The van der Waals surface area contributed by atoms with Gasteiger partial charge in [0.05, 0.1) is 6.54 Å². The number of aryl methyl sites for hydroxylation is 2. The van der Waals surface area contributed by atoms with Crippen LogP contribution in [0.3, 0.4) is 0 Å². The van der Waals surface area contributed by atoms with Gasteiger partial charge in [0, 0.05) is 20.0 Å². The molecule has 0 aliphatic carbocycles. The lowest BCUT2D eigenvalue weighted by Gasteiger charge is -2.15. The molecular formula is C13H18N4O2. The number of carbonyl (C=O) groups is 1. The van der Waals surface area contributed by atoms with Gasteiger partial charge in [-0.05, 0) is 25.5 Å². The van der Waals surface area contributed by atoms with Crippen molar-refractivity contribution in [2.75, 3.05) is 7.05 Å². The minimum absolute atomic E-state index is 0.106. The number of amides is 1. The van der Waals surface area contributed by atoms with Gasteiger partial charge in [-0.15, -0.1) is 0 Å². The van der Waals surface area contributed by atoms with Crippen LogP contribution in [0.25, 0.3) is 0 Å². The Bertz CT molecular complexity index is 518. The Morgan fingerprint density at radius 2 is 2.32 bits per heavy atom. The maximum Gasteiger partial charge on any atom is 0.222 e. The summed E-state index contributed by atoms with van der Waals surface area (Å²) in [7, 11) is 1.79. The fourth-order valence-electron chi connectivity index (χ4n) is 1.82. The summed E-state index contributed by atoms with van der Waals surface area (Å²) in [5, 5.41) is 3.99. The minimum Gasteiger partial charge on any atom is -0.464 e. The molecule has 0 spiro atoms. The van der Waals surface area contributed by atoms with Gasteiger partial charge >= 0.3 is 0 Å². The average molecular weight is 262 g/mol. The van der Waals surface area contributed by atoms with Crippen LogP contribution >= 0.6 is 0 Å². The lowest BCUT2D eigenvalue weighted by Crippen LogP contribution is -2.26. The third kappa shape index (κ3) is 3.94. The summed E-state index contributed by atoms with van der Waals surface area (Å²) in [5.41, 5.74) is 0. The van der Waals surface area contributed by atoms with Gasteiger partial charge in [0.1, 0.15) is 24.2 Å². The lowest BCUT2D eigenvalue weighted by atomic mass is 10.2. The van der Waals surface area contributed by atoms with Crippen molar-refractivity contribution in [1.82, 2.24) is 19.7 Å². The highest BCUT2D eigenvalue weighted by molar-refractivity contribution is 5.75. The average Bonchev–Trinajstić information content (AvgIpc) is 3.01. The molecule has 6 nitrogen and oxygen atoms in total. The number of furan rings is 1. The quantitative estimate of drug-likeness (QED) is 0.793. The highest BCUT2D eigenvalue weighted by Gasteiger charge is 2.10. The van der Waals surface area contributed by atoms with E-state index < -0.39 is 0 Å². The molecule has 2 rings (SSSR count). The van der Waals surface area contributed by atoms with Crippen molar-refractivity contribution < 1.29 is 9.21 Å². The summed E-state index contributed by atoms with van der Waals surface area (Å²) in [5.74, 6) is 1.78. The molecule has 0 N–H and O–H groups in total. The van der Waals surface area contributed by atoms with Crippen molar-refractivity contribution in [3.63, 3.8) is 0 Å². The van der Waals surface area contributed by atoms with Crippen molar-refractivity contribution in [1.29, 1.82) is 0 Å². The van der Waals surface area contributed by atoms with Gasteiger partial charge in [-0.3, -0.25) is 9.48 Å². The minimum atomic E-state index is 0.106. The molecule has 0 aromatic carbocycles. The van der Waals surface area contributed by atoms with Gasteiger partial charge in [0.25, 0.3) is 0 Å². The molecule has 0 unspecified atom stereocenters. The van der Waals surface area contributed by atoms with Crippen molar-refractivity contribution in [2.45, 2.75) is 32.9 Å². The Kier molecular flexibility index (Phi) is 4.33. The molecule has 0 aliphatic heterocycles. The Morgan fingerprint density at radius 1 is 1.47 bits per heavy atom.